The van der Waals surface area contributed by atoms with Crippen LogP contribution in [-0.2, 0) is 6.54 Å². The molecule has 1 heterocycles. The molecule has 0 aliphatic carbocycles. The van der Waals surface area contributed by atoms with Gasteiger partial charge in [0, 0.05) is 12.7 Å². The van der Waals surface area contributed by atoms with Crippen LogP contribution < -0.4 is 11.3 Å². The van der Waals surface area contributed by atoms with Crippen molar-refractivity contribution in [1.82, 2.24) is 9.55 Å². The van der Waals surface area contributed by atoms with Crippen LogP contribution in [-0.4, -0.2) is 9.55 Å². The number of rotatable bonds is 1. The smallest absolute Gasteiger partial charge is 0.295 e. The molecule has 1 aromatic rings. The Labute approximate surface area is 77.4 Å². The molecule has 4 heteroatoms. The van der Waals surface area contributed by atoms with Crippen LogP contribution in [0.5, 0.6) is 0 Å². The second-order valence-corrected chi connectivity index (χ2v) is 4.37. The Bertz CT molecular complexity index is 349. The highest BCUT2D eigenvalue weighted by Gasteiger charge is 2.10. The first-order chi connectivity index (χ1) is 5.88. The van der Waals surface area contributed by atoms with Gasteiger partial charge in [-0.15, -0.1) is 0 Å². The van der Waals surface area contributed by atoms with Gasteiger partial charge in [-0.3, -0.25) is 4.79 Å². The molecule has 0 amide bonds. The van der Waals surface area contributed by atoms with Crippen LogP contribution in [0.3, 0.4) is 0 Å². The third-order valence-electron chi connectivity index (χ3n) is 1.53. The van der Waals surface area contributed by atoms with Crippen molar-refractivity contribution in [3.8, 4) is 0 Å². The number of nitrogen functional groups attached to an aromatic ring is 1. The van der Waals surface area contributed by atoms with Crippen LogP contribution in [0.2, 0.25) is 0 Å². The summed E-state index contributed by atoms with van der Waals surface area (Å²) in [4.78, 5) is 14.5. The van der Waals surface area contributed by atoms with E-state index in [0.717, 1.165) is 6.54 Å². The minimum absolute atomic E-state index is 0.156. The lowest BCUT2D eigenvalue weighted by Gasteiger charge is -2.19. The van der Waals surface area contributed by atoms with E-state index in [1.807, 2.05) is 4.57 Å². The highest BCUT2D eigenvalue weighted by atomic mass is 16.1. The second kappa shape index (κ2) is 3.20. The average Bonchev–Trinajstić information content (AvgIpc) is 1.94. The fraction of sp³-hybridized carbons (Fsp3) is 0.556. The van der Waals surface area contributed by atoms with Crippen molar-refractivity contribution >= 4 is 5.69 Å². The quantitative estimate of drug-likeness (QED) is 0.699. The zero-order valence-corrected chi connectivity index (χ0v) is 8.24. The topological polar surface area (TPSA) is 60.9 Å². The van der Waals surface area contributed by atoms with E-state index in [-0.39, 0.29) is 16.7 Å². The second-order valence-electron chi connectivity index (χ2n) is 4.37. The molecule has 0 unspecified atom stereocenters. The number of anilines is 1. The maximum atomic E-state index is 10.9. The third kappa shape index (κ3) is 2.89. The average molecular weight is 181 g/mol. The van der Waals surface area contributed by atoms with Gasteiger partial charge < -0.3 is 10.3 Å². The normalized spacial score (nSPS) is 11.6. The number of hydrogen-bond acceptors (Lipinski definition) is 3. The van der Waals surface area contributed by atoms with E-state index < -0.39 is 0 Å². The highest BCUT2D eigenvalue weighted by Crippen LogP contribution is 2.15. The molecule has 0 aliphatic rings. The predicted molar refractivity (Wildman–Crippen MR) is 52.4 cm³/mol. The summed E-state index contributed by atoms with van der Waals surface area (Å²) in [5, 5.41) is 0. The molecule has 72 valence electrons. The van der Waals surface area contributed by atoms with E-state index in [9.17, 15) is 4.79 Å². The van der Waals surface area contributed by atoms with Crippen molar-refractivity contribution in [3.05, 3.63) is 22.9 Å². The summed E-state index contributed by atoms with van der Waals surface area (Å²) in [6.07, 6.45) is 3.14. The Kier molecular flexibility index (Phi) is 2.40. The SMILES string of the molecule is CC(C)(C)Cn1cnc(=O)c(N)c1. The Morgan fingerprint density at radius 2 is 2.15 bits per heavy atom. The van der Waals surface area contributed by atoms with Crippen molar-refractivity contribution < 1.29 is 0 Å². The molecule has 0 atom stereocenters. The van der Waals surface area contributed by atoms with Gasteiger partial charge in [0.2, 0.25) is 0 Å². The molecule has 4 nitrogen and oxygen atoms in total. The molecule has 0 radical (unpaired) electrons. The van der Waals surface area contributed by atoms with E-state index in [4.69, 9.17) is 5.73 Å². The van der Waals surface area contributed by atoms with Gasteiger partial charge in [-0.1, -0.05) is 20.8 Å². The maximum absolute atomic E-state index is 10.9. The Balaban J connectivity index is 2.92. The number of hydrogen-bond donors (Lipinski definition) is 1. The van der Waals surface area contributed by atoms with E-state index in [1.165, 1.54) is 6.33 Å². The van der Waals surface area contributed by atoms with Gasteiger partial charge >= 0.3 is 0 Å². The molecule has 0 saturated carbocycles. The van der Waals surface area contributed by atoms with Gasteiger partial charge in [0.25, 0.3) is 5.56 Å². The Hall–Kier alpha value is -1.32. The van der Waals surface area contributed by atoms with Crippen molar-refractivity contribution in [3.63, 3.8) is 0 Å². The first-order valence-electron chi connectivity index (χ1n) is 4.20. The van der Waals surface area contributed by atoms with Crippen molar-refractivity contribution in [2.24, 2.45) is 5.41 Å². The summed E-state index contributed by atoms with van der Waals surface area (Å²) in [7, 11) is 0. The van der Waals surface area contributed by atoms with Crippen molar-refractivity contribution in [2.75, 3.05) is 5.73 Å². The van der Waals surface area contributed by atoms with E-state index in [0.29, 0.717) is 0 Å². The molecular weight excluding hydrogens is 166 g/mol. The van der Waals surface area contributed by atoms with Gasteiger partial charge in [0.15, 0.2) is 0 Å². The van der Waals surface area contributed by atoms with Crippen LogP contribution in [0.1, 0.15) is 20.8 Å². The zero-order chi connectivity index (χ0) is 10.1. The van der Waals surface area contributed by atoms with Crippen LogP contribution in [0.25, 0.3) is 0 Å². The molecule has 0 bridgehead atoms. The lowest BCUT2D eigenvalue weighted by Crippen LogP contribution is -2.20. The Morgan fingerprint density at radius 1 is 1.54 bits per heavy atom. The minimum Gasteiger partial charge on any atom is -0.393 e. The van der Waals surface area contributed by atoms with Gasteiger partial charge in [-0.25, -0.2) is 0 Å². The summed E-state index contributed by atoms with van der Waals surface area (Å²) in [6, 6.07) is 0. The lowest BCUT2D eigenvalue weighted by molar-refractivity contribution is 0.341. The predicted octanol–water partition coefficient (Wildman–Crippen LogP) is 0.872. The van der Waals surface area contributed by atoms with Gasteiger partial charge in [0.1, 0.15) is 5.69 Å². The fourth-order valence-electron chi connectivity index (χ4n) is 1.10. The summed E-state index contributed by atoms with van der Waals surface area (Å²) < 4.78 is 1.83. The largest absolute Gasteiger partial charge is 0.393 e. The van der Waals surface area contributed by atoms with E-state index in [1.54, 1.807) is 6.20 Å². The molecule has 0 aromatic carbocycles. The summed E-state index contributed by atoms with van der Waals surface area (Å²) >= 11 is 0. The van der Waals surface area contributed by atoms with Gasteiger partial charge in [-0.05, 0) is 5.41 Å². The van der Waals surface area contributed by atoms with Crippen LogP contribution in [0.15, 0.2) is 17.3 Å². The molecular formula is C9H15N3O. The summed E-state index contributed by atoms with van der Waals surface area (Å²) in [5.74, 6) is 0. The maximum Gasteiger partial charge on any atom is 0.295 e. The number of nitrogens with zero attached hydrogens (tertiary/aromatic N) is 2. The number of nitrogens with two attached hydrogens (primary N) is 1. The Morgan fingerprint density at radius 3 is 2.62 bits per heavy atom. The number of aromatic nitrogens is 2. The molecule has 1 rings (SSSR count). The van der Waals surface area contributed by atoms with Crippen LogP contribution in [0.4, 0.5) is 5.69 Å². The van der Waals surface area contributed by atoms with E-state index >= 15 is 0 Å². The monoisotopic (exact) mass is 181 g/mol. The zero-order valence-electron chi connectivity index (χ0n) is 8.24. The summed E-state index contributed by atoms with van der Waals surface area (Å²) in [5.41, 5.74) is 5.44. The molecule has 0 fully saturated rings. The standard InChI is InChI=1S/C9H15N3O/c1-9(2,3)5-12-4-7(10)8(13)11-6-12/h4,6H,5,10H2,1-3H3. The third-order valence-corrected chi connectivity index (χ3v) is 1.53. The first kappa shape index (κ1) is 9.77. The van der Waals surface area contributed by atoms with Crippen LogP contribution >= 0.6 is 0 Å². The van der Waals surface area contributed by atoms with E-state index in [2.05, 4.69) is 25.8 Å². The van der Waals surface area contributed by atoms with Gasteiger partial charge in [-0.2, -0.15) is 4.98 Å². The fourth-order valence-corrected chi connectivity index (χ4v) is 1.10. The molecule has 2 N–H and O–H groups in total. The molecule has 0 saturated heterocycles. The molecule has 0 spiro atoms. The van der Waals surface area contributed by atoms with Crippen molar-refractivity contribution in [2.45, 2.75) is 27.3 Å². The molecule has 1 aromatic heterocycles. The highest BCUT2D eigenvalue weighted by molar-refractivity contribution is 5.30. The molecule has 0 aliphatic heterocycles. The first-order valence-corrected chi connectivity index (χ1v) is 4.20. The lowest BCUT2D eigenvalue weighted by atomic mass is 9.97. The van der Waals surface area contributed by atoms with Crippen molar-refractivity contribution in [1.29, 1.82) is 0 Å². The minimum atomic E-state index is -0.356. The van der Waals surface area contributed by atoms with Crippen LogP contribution in [0, 0.1) is 5.41 Å². The molecule has 13 heavy (non-hydrogen) atoms. The van der Waals surface area contributed by atoms with Gasteiger partial charge in [0.05, 0.1) is 6.33 Å². The summed E-state index contributed by atoms with van der Waals surface area (Å²) in [6.45, 7) is 7.13.